The van der Waals surface area contributed by atoms with Crippen molar-refractivity contribution in [3.8, 4) is 0 Å². The molecular weight excluding hydrogens is 330 g/mol. The number of hydrogen-bond acceptors (Lipinski definition) is 4. The molecule has 5 nitrogen and oxygen atoms in total. The number of ether oxygens (including phenoxy) is 1. The van der Waals surface area contributed by atoms with E-state index in [4.69, 9.17) is 4.74 Å². The topological polar surface area (TPSA) is 49.9 Å². The van der Waals surface area contributed by atoms with Crippen LogP contribution in [0.5, 0.6) is 0 Å². The smallest absolute Gasteiger partial charge is 0.308 e. The zero-order valence-corrected chi connectivity index (χ0v) is 14.3. The van der Waals surface area contributed by atoms with E-state index in [1.165, 1.54) is 13.2 Å². The van der Waals surface area contributed by atoms with E-state index in [1.54, 1.807) is 9.80 Å². The van der Waals surface area contributed by atoms with E-state index in [2.05, 4.69) is 0 Å². The maximum absolute atomic E-state index is 14.2. The molecule has 0 radical (unpaired) electrons. The minimum Gasteiger partial charge on any atom is -0.469 e. The van der Waals surface area contributed by atoms with Gasteiger partial charge in [0.25, 0.3) is 0 Å². The number of methoxy groups -OCH3 is 1. The van der Waals surface area contributed by atoms with Gasteiger partial charge in [0.05, 0.1) is 25.3 Å². The van der Waals surface area contributed by atoms with Gasteiger partial charge in [0.2, 0.25) is 5.91 Å². The number of carbonyl (C=O) groups is 2. The molecule has 1 aromatic carbocycles. The molecule has 0 bridgehead atoms. The van der Waals surface area contributed by atoms with Crippen LogP contribution < -0.4 is 4.90 Å². The summed E-state index contributed by atoms with van der Waals surface area (Å²) in [6, 6.07) is 2.21. The molecule has 25 heavy (non-hydrogen) atoms. The minimum atomic E-state index is -0.619. The Balaban J connectivity index is 1.65. The lowest BCUT2D eigenvalue weighted by atomic mass is 9.97. The molecule has 0 unspecified atom stereocenters. The zero-order chi connectivity index (χ0) is 18.0. The first-order valence-corrected chi connectivity index (χ1v) is 8.58. The van der Waals surface area contributed by atoms with Crippen LogP contribution in [-0.4, -0.2) is 50.1 Å². The van der Waals surface area contributed by atoms with Crippen LogP contribution in [0.3, 0.4) is 0 Å². The second kappa shape index (κ2) is 7.37. The van der Waals surface area contributed by atoms with Crippen LogP contribution in [0.1, 0.15) is 24.8 Å². The summed E-state index contributed by atoms with van der Waals surface area (Å²) in [5, 5.41) is 0. The van der Waals surface area contributed by atoms with Gasteiger partial charge in [0, 0.05) is 25.7 Å². The van der Waals surface area contributed by atoms with E-state index in [0.717, 1.165) is 12.5 Å². The van der Waals surface area contributed by atoms with Crippen LogP contribution >= 0.6 is 0 Å². The number of rotatable bonds is 3. The van der Waals surface area contributed by atoms with Crippen LogP contribution in [0, 0.1) is 17.6 Å². The van der Waals surface area contributed by atoms with Crippen molar-refractivity contribution in [3.05, 3.63) is 29.3 Å². The fraction of sp³-hybridized carbons (Fsp3) is 0.556. The molecule has 0 aromatic heterocycles. The van der Waals surface area contributed by atoms with Gasteiger partial charge in [-0.3, -0.25) is 9.59 Å². The van der Waals surface area contributed by atoms with Crippen molar-refractivity contribution in [2.45, 2.75) is 25.7 Å². The number of likely N-dealkylation sites (tertiary alicyclic amines) is 1. The van der Waals surface area contributed by atoms with Gasteiger partial charge in [-0.25, -0.2) is 8.78 Å². The monoisotopic (exact) mass is 352 g/mol. The number of esters is 1. The summed E-state index contributed by atoms with van der Waals surface area (Å²) in [5.41, 5.74) is 0.950. The van der Waals surface area contributed by atoms with Gasteiger partial charge >= 0.3 is 5.97 Å². The normalized spacial score (nSPS) is 18.0. The molecular formula is C18H22F2N2O3. The molecule has 0 N–H and O–H groups in total. The van der Waals surface area contributed by atoms with Crippen LogP contribution in [0.15, 0.2) is 12.1 Å². The third-order valence-corrected chi connectivity index (χ3v) is 5.01. The molecule has 1 aromatic rings. The van der Waals surface area contributed by atoms with Gasteiger partial charge < -0.3 is 14.5 Å². The van der Waals surface area contributed by atoms with Crippen molar-refractivity contribution in [1.82, 2.24) is 4.90 Å². The molecule has 0 spiro atoms. The number of anilines is 1. The summed E-state index contributed by atoms with van der Waals surface area (Å²) in [4.78, 5) is 27.5. The number of nitrogens with zero attached hydrogens (tertiary/aromatic N) is 2. The highest BCUT2D eigenvalue weighted by Gasteiger charge is 2.30. The molecule has 2 aliphatic heterocycles. The van der Waals surface area contributed by atoms with Gasteiger partial charge in [-0.15, -0.1) is 0 Å². The molecule has 2 heterocycles. The highest BCUT2D eigenvalue weighted by Crippen LogP contribution is 2.31. The molecule has 0 saturated carbocycles. The number of benzene rings is 1. The molecule has 1 fully saturated rings. The maximum Gasteiger partial charge on any atom is 0.308 e. The van der Waals surface area contributed by atoms with Crippen molar-refractivity contribution < 1.29 is 23.1 Å². The van der Waals surface area contributed by atoms with Gasteiger partial charge in [-0.1, -0.05) is 0 Å². The van der Waals surface area contributed by atoms with E-state index < -0.39 is 11.6 Å². The van der Waals surface area contributed by atoms with Gasteiger partial charge in [-0.2, -0.15) is 0 Å². The Morgan fingerprint density at radius 2 is 1.92 bits per heavy atom. The lowest BCUT2D eigenvalue weighted by Gasteiger charge is -2.35. The Morgan fingerprint density at radius 3 is 2.60 bits per heavy atom. The SMILES string of the molecule is COC(=O)C1CCN(C(=O)CN2CCCc3cc(F)cc(F)c32)CC1. The number of amides is 1. The third-order valence-electron chi connectivity index (χ3n) is 5.01. The number of aryl methyl sites for hydroxylation is 1. The summed E-state index contributed by atoms with van der Waals surface area (Å²) in [6.45, 7) is 1.62. The predicted octanol–water partition coefficient (Wildman–Crippen LogP) is 2.13. The molecule has 0 aliphatic carbocycles. The Bertz CT molecular complexity index is 673. The second-order valence-electron chi connectivity index (χ2n) is 6.60. The Labute approximate surface area is 145 Å². The van der Waals surface area contributed by atoms with Crippen molar-refractivity contribution in [3.63, 3.8) is 0 Å². The highest BCUT2D eigenvalue weighted by atomic mass is 19.1. The average Bonchev–Trinajstić information content (AvgIpc) is 2.60. The first-order chi connectivity index (χ1) is 12.0. The van der Waals surface area contributed by atoms with Gasteiger partial charge in [0.1, 0.15) is 11.6 Å². The number of fused-ring (bicyclic) bond motifs is 1. The molecule has 3 rings (SSSR count). The van der Waals surface area contributed by atoms with E-state index in [1.807, 2.05) is 0 Å². The predicted molar refractivity (Wildman–Crippen MR) is 88.2 cm³/mol. The first kappa shape index (κ1) is 17.6. The Kier molecular flexibility index (Phi) is 5.20. The van der Waals surface area contributed by atoms with Crippen LogP contribution in [0.25, 0.3) is 0 Å². The summed E-state index contributed by atoms with van der Waals surface area (Å²) >= 11 is 0. The van der Waals surface area contributed by atoms with Crippen molar-refractivity contribution in [2.24, 2.45) is 5.92 Å². The third kappa shape index (κ3) is 3.75. The van der Waals surface area contributed by atoms with E-state index in [0.29, 0.717) is 50.1 Å². The van der Waals surface area contributed by atoms with E-state index in [-0.39, 0.29) is 24.3 Å². The summed E-state index contributed by atoms with van der Waals surface area (Å²) in [7, 11) is 1.37. The van der Waals surface area contributed by atoms with Crippen molar-refractivity contribution in [2.75, 3.05) is 38.2 Å². The number of hydrogen-bond donors (Lipinski definition) is 0. The number of piperidine rings is 1. The van der Waals surface area contributed by atoms with Crippen LogP contribution in [0.2, 0.25) is 0 Å². The first-order valence-electron chi connectivity index (χ1n) is 8.58. The summed E-state index contributed by atoms with van der Waals surface area (Å²) in [6.07, 6.45) is 2.52. The number of carbonyl (C=O) groups excluding carboxylic acids is 2. The van der Waals surface area contributed by atoms with Crippen LogP contribution in [0.4, 0.5) is 14.5 Å². The lowest BCUT2D eigenvalue weighted by Crippen LogP contribution is -2.46. The van der Waals surface area contributed by atoms with Crippen LogP contribution in [-0.2, 0) is 20.7 Å². The molecule has 0 atom stereocenters. The standard InChI is InChI=1S/C18H22F2N2O3/c1-25-18(24)12-4-7-21(8-5-12)16(23)11-22-6-2-3-13-9-14(19)10-15(20)17(13)22/h9-10,12H,2-8,11H2,1H3. The molecule has 136 valence electrons. The molecule has 1 saturated heterocycles. The Morgan fingerprint density at radius 1 is 1.20 bits per heavy atom. The van der Waals surface area contributed by atoms with E-state index in [9.17, 15) is 18.4 Å². The zero-order valence-electron chi connectivity index (χ0n) is 14.3. The van der Waals surface area contributed by atoms with E-state index >= 15 is 0 Å². The highest BCUT2D eigenvalue weighted by molar-refractivity contribution is 5.82. The van der Waals surface area contributed by atoms with Crippen molar-refractivity contribution >= 4 is 17.6 Å². The van der Waals surface area contributed by atoms with Crippen molar-refractivity contribution in [1.29, 1.82) is 0 Å². The summed E-state index contributed by atoms with van der Waals surface area (Å²) in [5.74, 6) is -1.70. The second-order valence-corrected chi connectivity index (χ2v) is 6.60. The maximum atomic E-state index is 14.2. The van der Waals surface area contributed by atoms with Gasteiger partial charge in [0.15, 0.2) is 0 Å². The minimum absolute atomic E-state index is 0.0679. The largest absolute Gasteiger partial charge is 0.469 e. The number of halogens is 2. The molecule has 1 amide bonds. The summed E-state index contributed by atoms with van der Waals surface area (Å²) < 4.78 is 32.3. The van der Waals surface area contributed by atoms with Gasteiger partial charge in [-0.05, 0) is 37.3 Å². The lowest BCUT2D eigenvalue weighted by molar-refractivity contribution is -0.148. The average molecular weight is 352 g/mol. The Hall–Kier alpha value is -2.18. The quantitative estimate of drug-likeness (QED) is 0.782. The molecule has 7 heteroatoms. The molecule has 2 aliphatic rings. The fourth-order valence-electron chi connectivity index (χ4n) is 3.69. The fourth-order valence-corrected chi connectivity index (χ4v) is 3.69.